The molecule has 0 amide bonds. The van der Waals surface area contributed by atoms with Crippen molar-refractivity contribution < 1.29 is 27.9 Å². The molecule has 0 fully saturated rings. The third-order valence-electron chi connectivity index (χ3n) is 5.41. The SMILES string of the molecule is CC(C)(C)OC(=O)CN(c1ccc2c(ccn2-c2cccc(C(=O)O)c2)c1)S(=O)(=O)c1cccc(Cl)c1. The van der Waals surface area contributed by atoms with Crippen LogP contribution in [0.5, 0.6) is 0 Å². The maximum Gasteiger partial charge on any atom is 0.335 e. The molecule has 1 heterocycles. The van der Waals surface area contributed by atoms with E-state index in [2.05, 4.69) is 0 Å². The molecule has 0 aliphatic heterocycles. The van der Waals surface area contributed by atoms with Crippen LogP contribution < -0.4 is 4.31 Å². The van der Waals surface area contributed by atoms with Crippen molar-refractivity contribution >= 4 is 50.2 Å². The molecule has 0 aliphatic rings. The van der Waals surface area contributed by atoms with E-state index in [1.54, 1.807) is 80.1 Å². The Morgan fingerprint density at radius 2 is 1.73 bits per heavy atom. The molecule has 0 saturated heterocycles. The minimum absolute atomic E-state index is 0.0632. The van der Waals surface area contributed by atoms with Gasteiger partial charge in [-0.15, -0.1) is 0 Å². The van der Waals surface area contributed by atoms with Crippen molar-refractivity contribution in [3.63, 3.8) is 0 Å². The summed E-state index contributed by atoms with van der Waals surface area (Å²) in [5.41, 5.74) is 0.972. The number of benzene rings is 3. The highest BCUT2D eigenvalue weighted by molar-refractivity contribution is 7.92. The minimum Gasteiger partial charge on any atom is -0.478 e. The lowest BCUT2D eigenvalue weighted by atomic mass is 10.2. The Bertz CT molecular complexity index is 1600. The Morgan fingerprint density at radius 1 is 1.00 bits per heavy atom. The van der Waals surface area contributed by atoms with Gasteiger partial charge in [0.2, 0.25) is 0 Å². The Labute approximate surface area is 219 Å². The van der Waals surface area contributed by atoms with Crippen LogP contribution in [0.2, 0.25) is 5.02 Å². The minimum atomic E-state index is -4.18. The van der Waals surface area contributed by atoms with Crippen LogP contribution in [0.3, 0.4) is 0 Å². The van der Waals surface area contributed by atoms with E-state index in [9.17, 15) is 23.1 Å². The average molecular weight is 541 g/mol. The number of nitrogens with zero attached hydrogens (tertiary/aromatic N) is 2. The highest BCUT2D eigenvalue weighted by atomic mass is 35.5. The Balaban J connectivity index is 1.79. The van der Waals surface area contributed by atoms with Crippen LogP contribution in [0.4, 0.5) is 5.69 Å². The predicted molar refractivity (Wildman–Crippen MR) is 142 cm³/mol. The number of hydrogen-bond donors (Lipinski definition) is 1. The molecule has 0 unspecified atom stereocenters. The Morgan fingerprint density at radius 3 is 2.41 bits per heavy atom. The van der Waals surface area contributed by atoms with Crippen LogP contribution in [0, 0.1) is 0 Å². The standard InChI is InChI=1S/C27H25ClN2O6S/c1-27(2,3)36-25(31)17-30(37(34,35)23-9-5-7-20(28)16-23)22-10-11-24-18(14-22)12-13-29(24)21-8-4-6-19(15-21)26(32)33/h4-16H,17H2,1-3H3,(H,32,33). The van der Waals surface area contributed by atoms with E-state index in [-0.39, 0.29) is 21.2 Å². The molecular formula is C27H25ClN2O6S. The van der Waals surface area contributed by atoms with Gasteiger partial charge in [-0.3, -0.25) is 9.10 Å². The van der Waals surface area contributed by atoms with Crippen LogP contribution in [0.1, 0.15) is 31.1 Å². The van der Waals surface area contributed by atoms with Gasteiger partial charge in [-0.25, -0.2) is 13.2 Å². The summed E-state index contributed by atoms with van der Waals surface area (Å²) in [6.45, 7) is 4.57. The van der Waals surface area contributed by atoms with Gasteiger partial charge in [-0.1, -0.05) is 23.7 Å². The number of carboxylic acids is 1. The summed E-state index contributed by atoms with van der Waals surface area (Å²) in [6.07, 6.45) is 1.76. The largest absolute Gasteiger partial charge is 0.478 e. The average Bonchev–Trinajstić information content (AvgIpc) is 3.24. The van der Waals surface area contributed by atoms with Crippen molar-refractivity contribution in [1.82, 2.24) is 4.57 Å². The fourth-order valence-electron chi connectivity index (χ4n) is 3.86. The number of carbonyl (C=O) groups is 2. The monoisotopic (exact) mass is 540 g/mol. The summed E-state index contributed by atoms with van der Waals surface area (Å²) in [7, 11) is -4.18. The van der Waals surface area contributed by atoms with Crippen LogP contribution >= 0.6 is 11.6 Å². The molecule has 0 saturated carbocycles. The van der Waals surface area contributed by atoms with E-state index in [0.29, 0.717) is 11.1 Å². The van der Waals surface area contributed by atoms with Crippen LogP contribution in [-0.4, -0.2) is 42.2 Å². The maximum absolute atomic E-state index is 13.6. The molecule has 4 rings (SSSR count). The van der Waals surface area contributed by atoms with Gasteiger partial charge in [-0.2, -0.15) is 0 Å². The van der Waals surface area contributed by atoms with Gasteiger partial charge in [0.25, 0.3) is 10.0 Å². The highest BCUT2D eigenvalue weighted by Gasteiger charge is 2.30. The lowest BCUT2D eigenvalue weighted by Crippen LogP contribution is -2.38. The first-order valence-electron chi connectivity index (χ1n) is 11.3. The number of hydrogen-bond acceptors (Lipinski definition) is 5. The van der Waals surface area contributed by atoms with Gasteiger partial charge in [0.1, 0.15) is 12.1 Å². The smallest absolute Gasteiger partial charge is 0.335 e. The van der Waals surface area contributed by atoms with Crippen molar-refractivity contribution in [2.24, 2.45) is 0 Å². The lowest BCUT2D eigenvalue weighted by Gasteiger charge is -2.26. The zero-order chi connectivity index (χ0) is 27.0. The van der Waals surface area contributed by atoms with E-state index in [4.69, 9.17) is 16.3 Å². The molecule has 0 radical (unpaired) electrons. The third kappa shape index (κ3) is 5.79. The first kappa shape index (κ1) is 26.2. The Hall–Kier alpha value is -3.82. The topological polar surface area (TPSA) is 106 Å². The van der Waals surface area contributed by atoms with Crippen LogP contribution in [0.15, 0.2) is 83.9 Å². The number of carbonyl (C=O) groups excluding carboxylic acids is 1. The molecule has 4 aromatic rings. The second-order valence-electron chi connectivity index (χ2n) is 9.34. The van der Waals surface area contributed by atoms with E-state index in [0.717, 1.165) is 9.82 Å². The molecule has 37 heavy (non-hydrogen) atoms. The molecule has 0 bridgehead atoms. The summed E-state index contributed by atoms with van der Waals surface area (Å²) in [4.78, 5) is 24.1. The molecule has 192 valence electrons. The number of anilines is 1. The summed E-state index contributed by atoms with van der Waals surface area (Å²) in [5.74, 6) is -1.74. The zero-order valence-corrected chi connectivity index (χ0v) is 22.0. The second-order valence-corrected chi connectivity index (χ2v) is 11.6. The normalized spacial score (nSPS) is 11.9. The van der Waals surface area contributed by atoms with Gasteiger partial charge in [0, 0.05) is 22.3 Å². The van der Waals surface area contributed by atoms with Gasteiger partial charge < -0.3 is 14.4 Å². The summed E-state index contributed by atoms with van der Waals surface area (Å²) in [5, 5.41) is 10.3. The second kappa shape index (κ2) is 9.91. The van der Waals surface area contributed by atoms with Crippen molar-refractivity contribution in [3.05, 3.63) is 89.6 Å². The van der Waals surface area contributed by atoms with Gasteiger partial charge in [0.15, 0.2) is 0 Å². The van der Waals surface area contributed by atoms with Gasteiger partial charge in [-0.05, 0) is 81.4 Å². The number of esters is 1. The number of ether oxygens (including phenoxy) is 1. The molecule has 1 N–H and O–H groups in total. The number of aromatic carboxylic acids is 1. The van der Waals surface area contributed by atoms with Crippen molar-refractivity contribution in [2.75, 3.05) is 10.8 Å². The molecule has 0 spiro atoms. The number of sulfonamides is 1. The predicted octanol–water partition coefficient (Wildman–Crippen LogP) is 5.52. The fourth-order valence-corrected chi connectivity index (χ4v) is 5.56. The van der Waals surface area contributed by atoms with Crippen LogP contribution in [0.25, 0.3) is 16.6 Å². The van der Waals surface area contributed by atoms with Crippen LogP contribution in [-0.2, 0) is 19.6 Å². The third-order valence-corrected chi connectivity index (χ3v) is 7.41. The van der Waals surface area contributed by atoms with Crippen molar-refractivity contribution in [3.8, 4) is 5.69 Å². The first-order chi connectivity index (χ1) is 17.3. The van der Waals surface area contributed by atoms with E-state index in [1.165, 1.54) is 24.3 Å². The van der Waals surface area contributed by atoms with E-state index < -0.39 is 34.1 Å². The molecule has 0 atom stereocenters. The molecule has 10 heteroatoms. The molecular weight excluding hydrogens is 516 g/mol. The fraction of sp³-hybridized carbons (Fsp3) is 0.185. The first-order valence-corrected chi connectivity index (χ1v) is 13.1. The maximum atomic E-state index is 13.6. The number of carboxylic acid groups (broad SMARTS) is 1. The van der Waals surface area contributed by atoms with Crippen molar-refractivity contribution in [2.45, 2.75) is 31.3 Å². The van der Waals surface area contributed by atoms with Gasteiger partial charge >= 0.3 is 11.9 Å². The molecule has 8 nitrogen and oxygen atoms in total. The summed E-state index contributed by atoms with van der Waals surface area (Å²) >= 11 is 6.05. The summed E-state index contributed by atoms with van der Waals surface area (Å²) < 4.78 is 35.5. The molecule has 3 aromatic carbocycles. The number of fused-ring (bicyclic) bond motifs is 1. The number of aromatic nitrogens is 1. The summed E-state index contributed by atoms with van der Waals surface area (Å²) in [6, 6.07) is 19.0. The zero-order valence-electron chi connectivity index (χ0n) is 20.4. The lowest BCUT2D eigenvalue weighted by molar-refractivity contribution is -0.152. The van der Waals surface area contributed by atoms with Crippen molar-refractivity contribution in [1.29, 1.82) is 0 Å². The molecule has 0 aliphatic carbocycles. The highest BCUT2D eigenvalue weighted by Crippen LogP contribution is 2.30. The number of rotatable bonds is 7. The number of halogens is 1. The quantitative estimate of drug-likeness (QED) is 0.309. The van der Waals surface area contributed by atoms with Gasteiger partial charge in [0.05, 0.1) is 21.7 Å². The van der Waals surface area contributed by atoms with E-state index in [1.807, 2.05) is 0 Å². The Kier molecular flexibility index (Phi) is 7.03. The molecule has 1 aromatic heterocycles. The van der Waals surface area contributed by atoms with E-state index >= 15 is 0 Å².